The largest absolute Gasteiger partial charge is 0.507 e. The first-order chi connectivity index (χ1) is 8.66. The Labute approximate surface area is 116 Å². The average molecular weight is 325 g/mol. The minimum absolute atomic E-state index is 0.0896. The number of nitrogens with zero attached hydrogens (tertiary/aromatic N) is 1. The molecule has 2 rings (SSSR count). The minimum Gasteiger partial charge on any atom is -0.507 e. The van der Waals surface area contributed by atoms with Gasteiger partial charge in [0.25, 0.3) is 5.91 Å². The van der Waals surface area contributed by atoms with Crippen molar-refractivity contribution in [1.29, 1.82) is 0 Å². The number of benzene rings is 1. The fourth-order valence-electron chi connectivity index (χ4n) is 1.28. The first-order valence-corrected chi connectivity index (χ1v) is 6.69. The van der Waals surface area contributed by atoms with E-state index in [-0.39, 0.29) is 11.3 Å². The number of hydrogen-bond donors (Lipinski definition) is 2. The van der Waals surface area contributed by atoms with Gasteiger partial charge in [-0.1, -0.05) is 22.0 Å². The number of carbonyl (C=O) groups excluding carboxylic acids is 1. The molecule has 0 saturated carbocycles. The van der Waals surface area contributed by atoms with Crippen molar-refractivity contribution in [2.75, 3.05) is 0 Å². The molecule has 2 N–H and O–H groups in total. The summed E-state index contributed by atoms with van der Waals surface area (Å²) in [6, 6.07) is 8.44. The fourth-order valence-corrected chi connectivity index (χ4v) is 2.21. The zero-order valence-electron chi connectivity index (χ0n) is 9.13. The molecular formula is C12H9BrN2O2S. The Hall–Kier alpha value is -1.66. The predicted molar refractivity (Wildman–Crippen MR) is 75.2 cm³/mol. The van der Waals surface area contributed by atoms with E-state index in [0.29, 0.717) is 4.47 Å². The number of phenols is 1. The van der Waals surface area contributed by atoms with Crippen molar-refractivity contribution in [3.8, 4) is 5.75 Å². The summed E-state index contributed by atoms with van der Waals surface area (Å²) in [6.07, 6.45) is 1.55. The lowest BCUT2D eigenvalue weighted by Crippen LogP contribution is -2.17. The lowest BCUT2D eigenvalue weighted by molar-refractivity contribution is 0.0952. The van der Waals surface area contributed by atoms with E-state index in [1.54, 1.807) is 12.3 Å². The molecule has 0 aliphatic rings. The van der Waals surface area contributed by atoms with Crippen molar-refractivity contribution in [2.24, 2.45) is 5.10 Å². The number of hydrazone groups is 1. The van der Waals surface area contributed by atoms with Crippen LogP contribution in [-0.4, -0.2) is 17.2 Å². The molecule has 1 aromatic heterocycles. The van der Waals surface area contributed by atoms with Crippen LogP contribution in [0.25, 0.3) is 0 Å². The van der Waals surface area contributed by atoms with Gasteiger partial charge in [-0.25, -0.2) is 5.43 Å². The highest BCUT2D eigenvalue weighted by Crippen LogP contribution is 2.21. The third-order valence-electron chi connectivity index (χ3n) is 2.11. The van der Waals surface area contributed by atoms with Gasteiger partial charge in [0.15, 0.2) is 0 Å². The minimum atomic E-state index is -0.451. The number of halogens is 1. The number of phenolic OH excluding ortho intramolecular Hbond substituents is 1. The molecule has 0 bridgehead atoms. The van der Waals surface area contributed by atoms with Crippen LogP contribution < -0.4 is 5.43 Å². The Kier molecular flexibility index (Phi) is 4.11. The van der Waals surface area contributed by atoms with Crippen molar-refractivity contribution in [3.63, 3.8) is 0 Å². The number of thiophene rings is 1. The van der Waals surface area contributed by atoms with Crippen molar-refractivity contribution in [2.45, 2.75) is 0 Å². The van der Waals surface area contributed by atoms with E-state index in [1.807, 2.05) is 17.5 Å². The van der Waals surface area contributed by atoms with Gasteiger partial charge in [-0.3, -0.25) is 4.79 Å². The van der Waals surface area contributed by atoms with Gasteiger partial charge in [0.2, 0.25) is 0 Å². The lowest BCUT2D eigenvalue weighted by atomic mass is 10.2. The second-order valence-corrected chi connectivity index (χ2v) is 5.27. The van der Waals surface area contributed by atoms with Crippen LogP contribution in [0.3, 0.4) is 0 Å². The topological polar surface area (TPSA) is 61.7 Å². The number of aromatic hydroxyl groups is 1. The van der Waals surface area contributed by atoms with E-state index in [1.165, 1.54) is 23.5 Å². The summed E-state index contributed by atoms with van der Waals surface area (Å²) in [5, 5.41) is 15.3. The van der Waals surface area contributed by atoms with E-state index in [2.05, 4.69) is 26.5 Å². The molecule has 0 aliphatic heterocycles. The molecule has 0 unspecified atom stereocenters. The molecule has 2 aromatic rings. The summed E-state index contributed by atoms with van der Waals surface area (Å²) in [6.45, 7) is 0. The molecule has 92 valence electrons. The fraction of sp³-hybridized carbons (Fsp3) is 0. The maximum Gasteiger partial charge on any atom is 0.275 e. The maximum atomic E-state index is 11.7. The number of rotatable bonds is 3. The summed E-state index contributed by atoms with van der Waals surface area (Å²) in [7, 11) is 0. The first-order valence-electron chi connectivity index (χ1n) is 5.02. The summed E-state index contributed by atoms with van der Waals surface area (Å²) in [5.41, 5.74) is 2.54. The Morgan fingerprint density at radius 2 is 2.28 bits per heavy atom. The summed E-state index contributed by atoms with van der Waals surface area (Å²) < 4.78 is 0.707. The second-order valence-electron chi connectivity index (χ2n) is 3.38. The van der Waals surface area contributed by atoms with Gasteiger partial charge in [-0.05, 0) is 29.6 Å². The number of hydrogen-bond acceptors (Lipinski definition) is 4. The second kappa shape index (κ2) is 5.79. The first kappa shape index (κ1) is 12.8. The average Bonchev–Trinajstić information content (AvgIpc) is 2.81. The van der Waals surface area contributed by atoms with Crippen LogP contribution in [-0.2, 0) is 0 Å². The molecule has 0 atom stereocenters. The zero-order chi connectivity index (χ0) is 13.0. The van der Waals surface area contributed by atoms with E-state index in [4.69, 9.17) is 0 Å². The Morgan fingerprint density at radius 3 is 2.94 bits per heavy atom. The van der Waals surface area contributed by atoms with Gasteiger partial charge in [-0.15, -0.1) is 11.3 Å². The predicted octanol–water partition coefficient (Wildman–Crippen LogP) is 2.98. The van der Waals surface area contributed by atoms with Crippen LogP contribution in [0, 0.1) is 0 Å². The van der Waals surface area contributed by atoms with Crippen molar-refractivity contribution < 1.29 is 9.90 Å². The van der Waals surface area contributed by atoms with Crippen molar-refractivity contribution in [3.05, 3.63) is 50.6 Å². The van der Waals surface area contributed by atoms with Gasteiger partial charge in [0.05, 0.1) is 11.8 Å². The third kappa shape index (κ3) is 3.18. The highest BCUT2D eigenvalue weighted by atomic mass is 79.9. The molecule has 0 fully saturated rings. The summed E-state index contributed by atoms with van der Waals surface area (Å²) >= 11 is 4.72. The van der Waals surface area contributed by atoms with Crippen molar-refractivity contribution in [1.82, 2.24) is 5.43 Å². The molecule has 0 aliphatic carbocycles. The number of carbonyl (C=O) groups is 1. The van der Waals surface area contributed by atoms with E-state index in [0.717, 1.165) is 4.88 Å². The van der Waals surface area contributed by atoms with Gasteiger partial charge >= 0.3 is 0 Å². The highest BCUT2D eigenvalue weighted by molar-refractivity contribution is 9.10. The molecule has 1 heterocycles. The van der Waals surface area contributed by atoms with E-state index < -0.39 is 5.91 Å². The Bertz CT molecular complexity index is 582. The summed E-state index contributed by atoms with van der Waals surface area (Å²) in [5.74, 6) is -0.541. The Balaban J connectivity index is 2.04. The van der Waals surface area contributed by atoms with Crippen molar-refractivity contribution >= 4 is 39.4 Å². The molecule has 6 heteroatoms. The van der Waals surface area contributed by atoms with Gasteiger partial charge in [-0.2, -0.15) is 5.10 Å². The zero-order valence-corrected chi connectivity index (χ0v) is 11.5. The van der Waals surface area contributed by atoms with Gasteiger partial charge in [0.1, 0.15) is 5.75 Å². The molecule has 1 aromatic carbocycles. The monoisotopic (exact) mass is 324 g/mol. The van der Waals surface area contributed by atoms with Crippen LogP contribution in [0.2, 0.25) is 0 Å². The van der Waals surface area contributed by atoms with Crippen LogP contribution in [0.1, 0.15) is 15.2 Å². The van der Waals surface area contributed by atoms with Crippen LogP contribution in [0.5, 0.6) is 5.75 Å². The van der Waals surface area contributed by atoms with Crippen LogP contribution in [0.4, 0.5) is 0 Å². The summed E-state index contributed by atoms with van der Waals surface area (Å²) in [4.78, 5) is 12.6. The molecule has 0 saturated heterocycles. The molecular weight excluding hydrogens is 316 g/mol. The quantitative estimate of drug-likeness (QED) is 0.673. The molecule has 0 spiro atoms. The van der Waals surface area contributed by atoms with Crippen LogP contribution >= 0.6 is 27.3 Å². The van der Waals surface area contributed by atoms with E-state index in [9.17, 15) is 9.90 Å². The molecule has 1 amide bonds. The SMILES string of the molecule is O=C(NN=Cc1cccs1)c1ccc(Br)cc1O. The smallest absolute Gasteiger partial charge is 0.275 e. The molecule has 18 heavy (non-hydrogen) atoms. The van der Waals surface area contributed by atoms with Gasteiger partial charge < -0.3 is 5.11 Å². The Morgan fingerprint density at radius 1 is 1.44 bits per heavy atom. The normalized spacial score (nSPS) is 10.7. The van der Waals surface area contributed by atoms with Crippen LogP contribution in [0.15, 0.2) is 45.3 Å². The highest BCUT2D eigenvalue weighted by Gasteiger charge is 2.09. The molecule has 0 radical (unpaired) electrons. The third-order valence-corrected chi connectivity index (χ3v) is 3.41. The number of amides is 1. The van der Waals surface area contributed by atoms with E-state index >= 15 is 0 Å². The number of nitrogens with one attached hydrogen (secondary N) is 1. The van der Waals surface area contributed by atoms with Gasteiger partial charge in [0, 0.05) is 9.35 Å². The molecule has 4 nitrogen and oxygen atoms in total. The standard InChI is InChI=1S/C12H9BrN2O2S/c13-8-3-4-10(11(16)6-8)12(17)15-14-7-9-2-1-5-18-9/h1-7,16H,(H,15,17). The lowest BCUT2D eigenvalue weighted by Gasteiger charge is -2.02. The maximum absolute atomic E-state index is 11.7.